The molecule has 9 heteroatoms. The van der Waals surface area contributed by atoms with E-state index in [4.69, 9.17) is 0 Å². The first-order valence-corrected chi connectivity index (χ1v) is 9.50. The van der Waals surface area contributed by atoms with Gasteiger partial charge in [-0.05, 0) is 35.1 Å². The van der Waals surface area contributed by atoms with Crippen molar-refractivity contribution in [2.45, 2.75) is 4.90 Å². The van der Waals surface area contributed by atoms with Crippen LogP contribution in [-0.4, -0.2) is 60.0 Å². The molecule has 1 aromatic heterocycles. The second-order valence-corrected chi connectivity index (χ2v) is 8.64. The Balaban J connectivity index is 2.14. The van der Waals surface area contributed by atoms with Crippen LogP contribution in [0.4, 0.5) is 0 Å². The molecule has 126 valence electrons. The molecule has 1 aromatic carbocycles. The molecule has 0 spiro atoms. The van der Waals surface area contributed by atoms with Crippen molar-refractivity contribution in [3.63, 3.8) is 0 Å². The average Bonchev–Trinajstić information content (AvgIpc) is 2.71. The van der Waals surface area contributed by atoms with E-state index in [0.29, 0.717) is 41.7 Å². The van der Waals surface area contributed by atoms with Crippen LogP contribution in [0.2, 0.25) is 0 Å². The minimum atomic E-state index is -3.59. The Hall–Kier alpha value is -1.16. The third-order valence-corrected chi connectivity index (χ3v) is 7.26. The van der Waals surface area contributed by atoms with Crippen molar-refractivity contribution in [1.29, 1.82) is 0 Å². The Morgan fingerprint density at radius 2 is 1.48 bits per heavy atom. The number of likely N-dealkylation sites (N-methyl/N-ethyl adjacent to an activating group) is 1. The first-order valence-electron chi connectivity index (χ1n) is 7.27. The van der Waals surface area contributed by atoms with Crippen molar-refractivity contribution >= 4 is 37.0 Å². The number of halogens is 1. The number of nitrogens with zero attached hydrogens (tertiary/aromatic N) is 4. The van der Waals surface area contributed by atoms with Gasteiger partial charge in [-0.15, -0.1) is 0 Å². The first-order chi connectivity index (χ1) is 10.7. The van der Waals surface area contributed by atoms with Gasteiger partial charge in [0.2, 0.25) is 10.0 Å². The lowest BCUT2D eigenvalue weighted by molar-refractivity contribution is 0.222. The molecule has 0 amide bonds. The fourth-order valence-corrected chi connectivity index (χ4v) is 5.30. The van der Waals surface area contributed by atoms with Gasteiger partial charge in [-0.25, -0.2) is 13.2 Å². The summed E-state index contributed by atoms with van der Waals surface area (Å²) in [7, 11) is 1.70. The molecule has 0 atom stereocenters. The molecular weight excluding hydrogens is 384 g/mol. The summed E-state index contributed by atoms with van der Waals surface area (Å²) in [5.74, 6) is 0. The number of sulfonamides is 1. The van der Waals surface area contributed by atoms with Crippen molar-refractivity contribution in [1.82, 2.24) is 18.3 Å². The summed E-state index contributed by atoms with van der Waals surface area (Å²) in [6.45, 7) is 2.36. The zero-order chi connectivity index (χ0) is 16.9. The van der Waals surface area contributed by atoms with E-state index in [-0.39, 0.29) is 10.6 Å². The largest absolute Gasteiger partial charge is 0.328 e. The van der Waals surface area contributed by atoms with E-state index >= 15 is 0 Å². The summed E-state index contributed by atoms with van der Waals surface area (Å²) < 4.78 is 30.8. The van der Waals surface area contributed by atoms with E-state index in [1.807, 2.05) is 7.05 Å². The molecule has 1 aliphatic heterocycles. The lowest BCUT2D eigenvalue weighted by Crippen LogP contribution is -2.47. The number of imidazole rings is 1. The second-order valence-electron chi connectivity index (χ2n) is 5.88. The van der Waals surface area contributed by atoms with Gasteiger partial charge in [0.25, 0.3) is 0 Å². The van der Waals surface area contributed by atoms with Crippen LogP contribution in [0.5, 0.6) is 0 Å². The van der Waals surface area contributed by atoms with Gasteiger partial charge >= 0.3 is 5.69 Å². The Morgan fingerprint density at radius 1 is 0.957 bits per heavy atom. The van der Waals surface area contributed by atoms with Gasteiger partial charge in [0.05, 0.1) is 15.9 Å². The number of piperazine rings is 1. The summed E-state index contributed by atoms with van der Waals surface area (Å²) in [4.78, 5) is 14.4. The Morgan fingerprint density at radius 3 is 2.04 bits per heavy atom. The molecule has 7 nitrogen and oxygen atoms in total. The van der Waals surface area contributed by atoms with Crippen LogP contribution in [-0.2, 0) is 24.1 Å². The fourth-order valence-electron chi connectivity index (χ4n) is 2.87. The maximum atomic E-state index is 12.9. The van der Waals surface area contributed by atoms with E-state index in [1.54, 1.807) is 26.2 Å². The zero-order valence-electron chi connectivity index (χ0n) is 13.3. The number of rotatable bonds is 2. The van der Waals surface area contributed by atoms with Gasteiger partial charge in [0.1, 0.15) is 0 Å². The molecule has 2 aromatic rings. The lowest BCUT2D eigenvalue weighted by Gasteiger charge is -2.31. The van der Waals surface area contributed by atoms with Crippen LogP contribution in [0.25, 0.3) is 11.0 Å². The Labute approximate surface area is 143 Å². The van der Waals surface area contributed by atoms with E-state index in [0.717, 1.165) is 0 Å². The minimum absolute atomic E-state index is 0.180. The van der Waals surface area contributed by atoms with Crippen LogP contribution in [0.3, 0.4) is 0 Å². The Kier molecular flexibility index (Phi) is 4.16. The van der Waals surface area contributed by atoms with Gasteiger partial charge in [-0.3, -0.25) is 9.13 Å². The monoisotopic (exact) mass is 402 g/mol. The molecule has 0 radical (unpaired) electrons. The summed E-state index contributed by atoms with van der Waals surface area (Å²) >= 11 is 3.36. The number of benzene rings is 1. The molecule has 1 fully saturated rings. The second kappa shape index (κ2) is 5.73. The molecular formula is C14H19BrN4O3S. The summed E-state index contributed by atoms with van der Waals surface area (Å²) in [6.07, 6.45) is 0. The summed E-state index contributed by atoms with van der Waals surface area (Å²) in [5.41, 5.74) is 1.12. The fraction of sp³-hybridized carbons (Fsp3) is 0.500. The number of hydrogen-bond donors (Lipinski definition) is 0. The van der Waals surface area contributed by atoms with E-state index in [9.17, 15) is 13.2 Å². The minimum Gasteiger partial charge on any atom is -0.304 e. The van der Waals surface area contributed by atoms with Crippen molar-refractivity contribution < 1.29 is 8.42 Å². The number of hydrogen-bond acceptors (Lipinski definition) is 4. The van der Waals surface area contributed by atoms with Gasteiger partial charge in [-0.2, -0.15) is 4.31 Å². The van der Waals surface area contributed by atoms with Gasteiger partial charge in [-0.1, -0.05) is 0 Å². The zero-order valence-corrected chi connectivity index (χ0v) is 15.7. The standard InChI is InChI=1S/C14H19BrN4O3S/c1-16-4-6-19(7-5-16)23(21,22)13-9-12-11(8-10(13)15)17(2)14(20)18(12)3/h8-9H,4-7H2,1-3H3. The van der Waals surface area contributed by atoms with E-state index in [1.165, 1.54) is 13.4 Å². The highest BCUT2D eigenvalue weighted by Gasteiger charge is 2.30. The number of aromatic nitrogens is 2. The maximum absolute atomic E-state index is 12.9. The molecule has 1 saturated heterocycles. The summed E-state index contributed by atoms with van der Waals surface area (Å²) in [6, 6.07) is 3.27. The van der Waals surface area contributed by atoms with Gasteiger partial charge in [0, 0.05) is 44.7 Å². The molecule has 3 rings (SSSR count). The van der Waals surface area contributed by atoms with Crippen LogP contribution >= 0.6 is 15.9 Å². The highest BCUT2D eigenvalue weighted by molar-refractivity contribution is 9.10. The van der Waals surface area contributed by atoms with Gasteiger partial charge < -0.3 is 4.90 Å². The molecule has 0 bridgehead atoms. The average molecular weight is 403 g/mol. The predicted octanol–water partition coefficient (Wildman–Crippen LogP) is 0.576. The molecule has 23 heavy (non-hydrogen) atoms. The molecule has 0 aliphatic carbocycles. The highest BCUT2D eigenvalue weighted by atomic mass is 79.9. The Bertz CT molecular complexity index is 924. The highest BCUT2D eigenvalue weighted by Crippen LogP contribution is 2.30. The molecule has 0 unspecified atom stereocenters. The third kappa shape index (κ3) is 2.65. The van der Waals surface area contributed by atoms with Gasteiger partial charge in [0.15, 0.2) is 0 Å². The quantitative estimate of drug-likeness (QED) is 0.736. The smallest absolute Gasteiger partial charge is 0.304 e. The van der Waals surface area contributed by atoms with Crippen molar-refractivity contribution in [2.24, 2.45) is 14.1 Å². The normalized spacial score (nSPS) is 17.9. The first kappa shape index (κ1) is 16.7. The van der Waals surface area contributed by atoms with Crippen LogP contribution in [0.15, 0.2) is 26.3 Å². The topological polar surface area (TPSA) is 67.6 Å². The molecule has 0 saturated carbocycles. The third-order valence-electron chi connectivity index (χ3n) is 4.41. The van der Waals surface area contributed by atoms with Crippen LogP contribution in [0.1, 0.15) is 0 Å². The molecule has 1 aliphatic rings. The SMILES string of the molecule is CN1CCN(S(=O)(=O)c2cc3c(cc2Br)n(C)c(=O)n3C)CC1. The number of fused-ring (bicyclic) bond motifs is 1. The van der Waals surface area contributed by atoms with Crippen LogP contribution in [0, 0.1) is 0 Å². The van der Waals surface area contributed by atoms with Crippen LogP contribution < -0.4 is 5.69 Å². The maximum Gasteiger partial charge on any atom is 0.328 e. The molecule has 2 heterocycles. The van der Waals surface area contributed by atoms with E-state index in [2.05, 4.69) is 20.8 Å². The van der Waals surface area contributed by atoms with Crippen molar-refractivity contribution in [3.05, 3.63) is 27.1 Å². The van der Waals surface area contributed by atoms with Crippen molar-refractivity contribution in [2.75, 3.05) is 33.2 Å². The summed E-state index contributed by atoms with van der Waals surface area (Å²) in [5, 5.41) is 0. The van der Waals surface area contributed by atoms with E-state index < -0.39 is 10.0 Å². The number of aryl methyl sites for hydroxylation is 2. The lowest BCUT2D eigenvalue weighted by atomic mass is 10.3. The van der Waals surface area contributed by atoms with Crippen molar-refractivity contribution in [3.8, 4) is 0 Å². The molecule has 0 N–H and O–H groups in total. The predicted molar refractivity (Wildman–Crippen MR) is 92.1 cm³/mol.